The number of carboxylic acid groups (broad SMARTS) is 1. The molecule has 0 aromatic heterocycles. The van der Waals surface area contributed by atoms with E-state index in [1.807, 2.05) is 6.92 Å². The molecule has 2 unspecified atom stereocenters. The summed E-state index contributed by atoms with van der Waals surface area (Å²) in [6.45, 7) is 8.10. The molecule has 0 aromatic carbocycles. The second-order valence-corrected chi connectivity index (χ2v) is 7.90. The van der Waals surface area contributed by atoms with E-state index in [2.05, 4.69) is 13.8 Å². The van der Waals surface area contributed by atoms with Gasteiger partial charge >= 0.3 is 5.97 Å². The normalized spacial score (nSPS) is 14.5. The molecule has 0 aromatic rings. The first kappa shape index (κ1) is 27.6. The third-order valence-corrected chi connectivity index (χ3v) is 5.48. The van der Waals surface area contributed by atoms with Crippen molar-refractivity contribution in [2.75, 3.05) is 14.1 Å². The molecule has 0 bridgehead atoms. The van der Waals surface area contributed by atoms with Crippen molar-refractivity contribution in [1.82, 2.24) is 4.90 Å². The lowest BCUT2D eigenvalue weighted by atomic mass is 9.90. The fourth-order valence-electron chi connectivity index (χ4n) is 2.99. The van der Waals surface area contributed by atoms with Crippen LogP contribution in [0.25, 0.3) is 0 Å². The van der Waals surface area contributed by atoms with Crippen LogP contribution in [-0.4, -0.2) is 41.7 Å². The minimum absolute atomic E-state index is 0.343. The van der Waals surface area contributed by atoms with Crippen molar-refractivity contribution in [2.45, 2.75) is 123 Å². The first-order chi connectivity index (χ1) is 12.3. The Balaban J connectivity index is 0. The van der Waals surface area contributed by atoms with Gasteiger partial charge in [-0.3, -0.25) is 9.69 Å². The molecule has 0 aliphatic heterocycles. The first-order valence-corrected chi connectivity index (χ1v) is 10.9. The summed E-state index contributed by atoms with van der Waals surface area (Å²) in [6.07, 6.45) is 18.1. The standard InChI is InChI=1S/C14H30.C8H18N2O2/c1-3-5-7-9-11-13-14-12-10-8-6-4-2;1-5-6(9)8(2,7(11)12)10(3)4/h3-14H2,1-2H3;6H,5,9H2,1-4H3,(H,11,12). The molecule has 0 rings (SSSR count). The van der Waals surface area contributed by atoms with E-state index in [1.54, 1.807) is 25.9 Å². The highest BCUT2D eigenvalue weighted by molar-refractivity contribution is 5.79. The van der Waals surface area contributed by atoms with Crippen molar-refractivity contribution in [2.24, 2.45) is 5.73 Å². The van der Waals surface area contributed by atoms with Gasteiger partial charge in [0, 0.05) is 6.04 Å². The Bertz CT molecular complexity index is 309. The summed E-state index contributed by atoms with van der Waals surface area (Å²) < 4.78 is 0. The van der Waals surface area contributed by atoms with Gasteiger partial charge in [0.2, 0.25) is 0 Å². The minimum Gasteiger partial charge on any atom is -0.480 e. The molecular formula is C22H48N2O2. The molecule has 0 amide bonds. The van der Waals surface area contributed by atoms with E-state index in [9.17, 15) is 4.79 Å². The van der Waals surface area contributed by atoms with Gasteiger partial charge in [0.1, 0.15) is 5.54 Å². The van der Waals surface area contributed by atoms with Crippen LogP contribution >= 0.6 is 0 Å². The quantitative estimate of drug-likeness (QED) is 0.355. The van der Waals surface area contributed by atoms with Crippen LogP contribution in [0.2, 0.25) is 0 Å². The maximum absolute atomic E-state index is 10.9. The Morgan fingerprint density at radius 3 is 1.31 bits per heavy atom. The number of hydrogen-bond donors (Lipinski definition) is 2. The van der Waals surface area contributed by atoms with E-state index in [0.717, 1.165) is 0 Å². The van der Waals surface area contributed by atoms with Crippen LogP contribution in [0.15, 0.2) is 0 Å². The molecule has 0 saturated heterocycles. The Morgan fingerprint density at radius 1 is 0.846 bits per heavy atom. The van der Waals surface area contributed by atoms with E-state index in [4.69, 9.17) is 10.8 Å². The van der Waals surface area contributed by atoms with Gasteiger partial charge in [-0.2, -0.15) is 0 Å². The average molecular weight is 373 g/mol. The Labute approximate surface area is 163 Å². The number of nitrogens with two attached hydrogens (primary N) is 1. The molecule has 0 spiro atoms. The average Bonchev–Trinajstić information content (AvgIpc) is 2.62. The molecule has 4 heteroatoms. The maximum Gasteiger partial charge on any atom is 0.325 e. The minimum atomic E-state index is -0.964. The Kier molecular flexibility index (Phi) is 18.9. The number of hydrogen-bond acceptors (Lipinski definition) is 3. The van der Waals surface area contributed by atoms with Gasteiger partial charge in [-0.1, -0.05) is 97.8 Å². The van der Waals surface area contributed by atoms with E-state index < -0.39 is 11.5 Å². The zero-order chi connectivity index (χ0) is 20.4. The molecule has 4 nitrogen and oxygen atoms in total. The van der Waals surface area contributed by atoms with Crippen molar-refractivity contribution in [1.29, 1.82) is 0 Å². The summed E-state index contributed by atoms with van der Waals surface area (Å²) in [5.41, 5.74) is 4.77. The SMILES string of the molecule is CCC(N)C(C)(C(=O)O)N(C)C.CCCCCCCCCCCCCC. The monoisotopic (exact) mass is 372 g/mol. The van der Waals surface area contributed by atoms with Crippen LogP contribution in [0.1, 0.15) is 111 Å². The van der Waals surface area contributed by atoms with Crippen LogP contribution in [0.5, 0.6) is 0 Å². The first-order valence-electron chi connectivity index (χ1n) is 10.9. The van der Waals surface area contributed by atoms with Gasteiger partial charge in [0.15, 0.2) is 0 Å². The van der Waals surface area contributed by atoms with E-state index in [1.165, 1.54) is 77.0 Å². The number of aliphatic carboxylic acids is 1. The summed E-state index contributed by atoms with van der Waals surface area (Å²) in [4.78, 5) is 12.6. The fourth-order valence-corrected chi connectivity index (χ4v) is 2.99. The van der Waals surface area contributed by atoms with Gasteiger partial charge < -0.3 is 10.8 Å². The molecule has 26 heavy (non-hydrogen) atoms. The number of carboxylic acids is 1. The second kappa shape index (κ2) is 17.8. The number of nitrogens with zero attached hydrogens (tertiary/aromatic N) is 1. The van der Waals surface area contributed by atoms with Gasteiger partial charge in [-0.25, -0.2) is 0 Å². The largest absolute Gasteiger partial charge is 0.480 e. The Morgan fingerprint density at radius 2 is 1.15 bits per heavy atom. The molecular weight excluding hydrogens is 324 g/mol. The highest BCUT2D eigenvalue weighted by atomic mass is 16.4. The molecule has 2 atom stereocenters. The van der Waals surface area contributed by atoms with Gasteiger partial charge in [0.25, 0.3) is 0 Å². The smallest absolute Gasteiger partial charge is 0.325 e. The predicted molar refractivity (Wildman–Crippen MR) is 115 cm³/mol. The van der Waals surface area contributed by atoms with Crippen molar-refractivity contribution in [3.05, 3.63) is 0 Å². The zero-order valence-corrected chi connectivity index (χ0v) is 18.6. The summed E-state index contributed by atoms with van der Waals surface area (Å²) >= 11 is 0. The van der Waals surface area contributed by atoms with E-state index >= 15 is 0 Å². The highest BCUT2D eigenvalue weighted by Gasteiger charge is 2.40. The van der Waals surface area contributed by atoms with Crippen molar-refractivity contribution >= 4 is 5.97 Å². The van der Waals surface area contributed by atoms with Crippen LogP contribution in [0.4, 0.5) is 0 Å². The summed E-state index contributed by atoms with van der Waals surface area (Å²) in [6, 6.07) is -0.343. The lowest BCUT2D eigenvalue weighted by Gasteiger charge is -2.36. The molecule has 0 heterocycles. The van der Waals surface area contributed by atoms with Crippen LogP contribution in [0.3, 0.4) is 0 Å². The fraction of sp³-hybridized carbons (Fsp3) is 0.955. The van der Waals surface area contributed by atoms with Crippen LogP contribution < -0.4 is 5.73 Å². The topological polar surface area (TPSA) is 66.6 Å². The number of rotatable bonds is 15. The van der Waals surface area contributed by atoms with Gasteiger partial charge in [-0.15, -0.1) is 0 Å². The van der Waals surface area contributed by atoms with Crippen molar-refractivity contribution in [3.63, 3.8) is 0 Å². The van der Waals surface area contributed by atoms with Crippen molar-refractivity contribution in [3.8, 4) is 0 Å². The van der Waals surface area contributed by atoms with Gasteiger partial charge in [-0.05, 0) is 27.4 Å². The molecule has 0 fully saturated rings. The summed E-state index contributed by atoms with van der Waals surface area (Å²) in [5, 5.41) is 8.98. The second-order valence-electron chi connectivity index (χ2n) is 7.90. The number of unbranched alkanes of at least 4 members (excludes halogenated alkanes) is 11. The molecule has 0 aliphatic carbocycles. The predicted octanol–water partition coefficient (Wildman–Crippen LogP) is 5.84. The molecule has 3 N–H and O–H groups in total. The third kappa shape index (κ3) is 12.7. The van der Waals surface area contributed by atoms with E-state index in [-0.39, 0.29) is 6.04 Å². The third-order valence-electron chi connectivity index (χ3n) is 5.48. The summed E-state index contributed by atoms with van der Waals surface area (Å²) in [7, 11) is 3.45. The van der Waals surface area contributed by atoms with Crippen LogP contribution in [-0.2, 0) is 4.79 Å². The van der Waals surface area contributed by atoms with Crippen LogP contribution in [0, 0.1) is 0 Å². The highest BCUT2D eigenvalue weighted by Crippen LogP contribution is 2.17. The molecule has 0 saturated carbocycles. The number of carbonyl (C=O) groups is 1. The molecule has 0 radical (unpaired) electrons. The molecule has 158 valence electrons. The lowest BCUT2D eigenvalue weighted by molar-refractivity contribution is -0.150. The number of likely N-dealkylation sites (N-methyl/N-ethyl adjacent to an activating group) is 1. The maximum atomic E-state index is 10.9. The van der Waals surface area contributed by atoms with Gasteiger partial charge in [0.05, 0.1) is 0 Å². The molecule has 0 aliphatic rings. The van der Waals surface area contributed by atoms with E-state index in [0.29, 0.717) is 6.42 Å². The Hall–Kier alpha value is -0.610. The summed E-state index contributed by atoms with van der Waals surface area (Å²) in [5.74, 6) is -0.873. The lowest BCUT2D eigenvalue weighted by Crippen LogP contribution is -2.60. The zero-order valence-electron chi connectivity index (χ0n) is 18.6. The van der Waals surface area contributed by atoms with Crippen molar-refractivity contribution < 1.29 is 9.90 Å².